The summed E-state index contributed by atoms with van der Waals surface area (Å²) in [4.78, 5) is 21.9. The fraction of sp³-hybridized carbons (Fsp3) is 0.0625. The maximum atomic E-state index is 11.8. The maximum Gasteiger partial charge on any atom is 0.269 e. The highest BCUT2D eigenvalue weighted by molar-refractivity contribution is 6.32. The molecule has 0 fully saturated rings. The Bertz CT molecular complexity index is 757. The second-order valence-corrected chi connectivity index (χ2v) is 4.93. The van der Waals surface area contributed by atoms with E-state index >= 15 is 0 Å². The molecule has 1 amide bonds. The quantitative estimate of drug-likeness (QED) is 0.511. The lowest BCUT2D eigenvalue weighted by Gasteiger charge is -2.06. The zero-order valence-corrected chi connectivity index (χ0v) is 12.9. The molecular formula is C16H13ClN2O4. The minimum Gasteiger partial charge on any atom is -0.495 e. The number of halogens is 1. The van der Waals surface area contributed by atoms with E-state index in [-0.39, 0.29) is 11.6 Å². The van der Waals surface area contributed by atoms with Crippen LogP contribution in [-0.4, -0.2) is 17.9 Å². The van der Waals surface area contributed by atoms with Gasteiger partial charge in [0, 0.05) is 23.9 Å². The average Bonchev–Trinajstić information content (AvgIpc) is 2.53. The van der Waals surface area contributed by atoms with E-state index in [0.717, 1.165) is 0 Å². The highest BCUT2D eigenvalue weighted by atomic mass is 35.5. The van der Waals surface area contributed by atoms with Gasteiger partial charge < -0.3 is 10.1 Å². The molecule has 2 aromatic carbocycles. The molecule has 0 atom stereocenters. The number of ether oxygens (including phenoxy) is 1. The predicted molar refractivity (Wildman–Crippen MR) is 88.8 cm³/mol. The highest BCUT2D eigenvalue weighted by Crippen LogP contribution is 2.27. The summed E-state index contributed by atoms with van der Waals surface area (Å²) in [5, 5.41) is 13.6. The van der Waals surface area contributed by atoms with E-state index < -0.39 is 4.92 Å². The first-order chi connectivity index (χ1) is 11.0. The molecule has 6 nitrogen and oxygen atoms in total. The number of rotatable bonds is 5. The van der Waals surface area contributed by atoms with Gasteiger partial charge in [0.25, 0.3) is 5.69 Å². The lowest BCUT2D eigenvalue weighted by atomic mass is 10.2. The van der Waals surface area contributed by atoms with Gasteiger partial charge in [0.1, 0.15) is 5.75 Å². The van der Waals surface area contributed by atoms with Gasteiger partial charge in [-0.05, 0) is 42.0 Å². The molecule has 0 aliphatic rings. The van der Waals surface area contributed by atoms with Gasteiger partial charge >= 0.3 is 0 Å². The van der Waals surface area contributed by atoms with Crippen molar-refractivity contribution < 1.29 is 14.5 Å². The molecule has 2 aromatic rings. The lowest BCUT2D eigenvalue weighted by molar-refractivity contribution is -0.384. The van der Waals surface area contributed by atoms with E-state index in [0.29, 0.717) is 22.0 Å². The molecule has 0 radical (unpaired) electrons. The number of hydrogen-bond donors (Lipinski definition) is 1. The minimum atomic E-state index is -0.479. The van der Waals surface area contributed by atoms with Gasteiger partial charge in [-0.1, -0.05) is 11.6 Å². The van der Waals surface area contributed by atoms with Gasteiger partial charge in [0.05, 0.1) is 17.1 Å². The molecule has 0 saturated carbocycles. The Hall–Kier alpha value is -2.86. The van der Waals surface area contributed by atoms with Crippen molar-refractivity contribution in [1.29, 1.82) is 0 Å². The molecule has 0 aliphatic carbocycles. The molecule has 0 aliphatic heterocycles. The molecule has 2 rings (SSSR count). The summed E-state index contributed by atoms with van der Waals surface area (Å²) in [7, 11) is 1.51. The number of carbonyl (C=O) groups is 1. The summed E-state index contributed by atoms with van der Waals surface area (Å²) in [6, 6.07) is 10.8. The van der Waals surface area contributed by atoms with Crippen LogP contribution in [-0.2, 0) is 4.79 Å². The number of amides is 1. The van der Waals surface area contributed by atoms with Crippen LogP contribution in [0.5, 0.6) is 5.75 Å². The number of nitrogens with zero attached hydrogens (tertiary/aromatic N) is 1. The van der Waals surface area contributed by atoms with Crippen molar-refractivity contribution in [3.63, 3.8) is 0 Å². The summed E-state index contributed by atoms with van der Waals surface area (Å²) in [6.07, 6.45) is 2.89. The Labute approximate surface area is 137 Å². The number of nitrogens with one attached hydrogen (secondary N) is 1. The highest BCUT2D eigenvalue weighted by Gasteiger charge is 2.05. The van der Waals surface area contributed by atoms with Crippen molar-refractivity contribution in [1.82, 2.24) is 0 Å². The Morgan fingerprint density at radius 1 is 1.26 bits per heavy atom. The largest absolute Gasteiger partial charge is 0.495 e. The third kappa shape index (κ3) is 4.55. The van der Waals surface area contributed by atoms with E-state index in [1.807, 2.05) is 0 Å². The molecule has 1 N–H and O–H groups in total. The second-order valence-electron chi connectivity index (χ2n) is 4.52. The molecule has 0 saturated heterocycles. The van der Waals surface area contributed by atoms with Crippen molar-refractivity contribution in [2.24, 2.45) is 0 Å². The van der Waals surface area contributed by atoms with Crippen molar-refractivity contribution in [2.75, 3.05) is 12.4 Å². The van der Waals surface area contributed by atoms with Gasteiger partial charge in [-0.15, -0.1) is 0 Å². The van der Waals surface area contributed by atoms with E-state index in [9.17, 15) is 14.9 Å². The number of non-ortho nitro benzene ring substituents is 1. The Balaban J connectivity index is 2.01. The standard InChI is InChI=1S/C16H13ClN2O4/c1-23-15-8-5-12(10-14(15)17)18-16(20)9-4-11-2-6-13(7-3-11)19(21)22/h2-10H,1H3,(H,18,20)/b9-4+. The Morgan fingerprint density at radius 3 is 2.52 bits per heavy atom. The summed E-state index contributed by atoms with van der Waals surface area (Å²) in [5.41, 5.74) is 1.21. The van der Waals surface area contributed by atoms with Gasteiger partial charge in [-0.3, -0.25) is 14.9 Å². The van der Waals surface area contributed by atoms with Crippen LogP contribution in [0.3, 0.4) is 0 Å². The van der Waals surface area contributed by atoms with E-state index in [1.54, 1.807) is 36.4 Å². The number of nitro groups is 1. The Morgan fingerprint density at radius 2 is 1.96 bits per heavy atom. The second kappa shape index (κ2) is 7.42. The first-order valence-electron chi connectivity index (χ1n) is 6.56. The van der Waals surface area contributed by atoms with Crippen LogP contribution in [0.2, 0.25) is 5.02 Å². The van der Waals surface area contributed by atoms with Crippen LogP contribution in [0, 0.1) is 10.1 Å². The molecule has 0 aromatic heterocycles. The van der Waals surface area contributed by atoms with Gasteiger partial charge in [0.15, 0.2) is 0 Å². The monoisotopic (exact) mass is 332 g/mol. The maximum absolute atomic E-state index is 11.8. The van der Waals surface area contributed by atoms with Gasteiger partial charge in [-0.25, -0.2) is 0 Å². The van der Waals surface area contributed by atoms with Gasteiger partial charge in [0.2, 0.25) is 5.91 Å². The van der Waals surface area contributed by atoms with Crippen molar-refractivity contribution in [2.45, 2.75) is 0 Å². The fourth-order valence-electron chi connectivity index (χ4n) is 1.81. The van der Waals surface area contributed by atoms with E-state index in [2.05, 4.69) is 5.32 Å². The average molecular weight is 333 g/mol. The normalized spacial score (nSPS) is 10.5. The summed E-state index contributed by atoms with van der Waals surface area (Å²) >= 11 is 5.98. The molecule has 23 heavy (non-hydrogen) atoms. The third-order valence-corrected chi connectivity index (χ3v) is 3.25. The molecule has 7 heteroatoms. The number of nitro benzene ring substituents is 1. The van der Waals surface area contributed by atoms with Crippen LogP contribution < -0.4 is 10.1 Å². The molecule has 0 heterocycles. The zero-order valence-electron chi connectivity index (χ0n) is 12.2. The number of benzene rings is 2. The summed E-state index contributed by atoms with van der Waals surface area (Å²) in [6.45, 7) is 0. The SMILES string of the molecule is COc1ccc(NC(=O)/C=C/c2ccc([N+](=O)[O-])cc2)cc1Cl. The lowest BCUT2D eigenvalue weighted by Crippen LogP contribution is -2.07. The number of hydrogen-bond acceptors (Lipinski definition) is 4. The minimum absolute atomic E-state index is 0.000485. The zero-order chi connectivity index (χ0) is 16.8. The van der Waals surface area contributed by atoms with Crippen molar-refractivity contribution in [3.05, 3.63) is 69.2 Å². The van der Waals surface area contributed by atoms with Crippen LogP contribution >= 0.6 is 11.6 Å². The van der Waals surface area contributed by atoms with Crippen LogP contribution in [0.4, 0.5) is 11.4 Å². The van der Waals surface area contributed by atoms with Crippen molar-refractivity contribution in [3.8, 4) is 5.75 Å². The van der Waals surface area contributed by atoms with E-state index in [1.165, 1.54) is 25.3 Å². The first kappa shape index (κ1) is 16.5. The smallest absolute Gasteiger partial charge is 0.269 e. The molecule has 0 bridgehead atoms. The number of anilines is 1. The topological polar surface area (TPSA) is 81.5 Å². The van der Waals surface area contributed by atoms with E-state index in [4.69, 9.17) is 16.3 Å². The molecule has 0 spiro atoms. The van der Waals surface area contributed by atoms with Crippen LogP contribution in [0.15, 0.2) is 48.5 Å². The first-order valence-corrected chi connectivity index (χ1v) is 6.94. The van der Waals surface area contributed by atoms with Crippen molar-refractivity contribution >= 4 is 35.0 Å². The van der Waals surface area contributed by atoms with Crippen LogP contribution in [0.1, 0.15) is 5.56 Å². The Kier molecular flexibility index (Phi) is 5.32. The van der Waals surface area contributed by atoms with Crippen LogP contribution in [0.25, 0.3) is 6.08 Å². The van der Waals surface area contributed by atoms with Gasteiger partial charge in [-0.2, -0.15) is 0 Å². The molecule has 118 valence electrons. The molecule has 0 unspecified atom stereocenters. The third-order valence-electron chi connectivity index (χ3n) is 2.95. The fourth-order valence-corrected chi connectivity index (χ4v) is 2.06. The number of methoxy groups -OCH3 is 1. The summed E-state index contributed by atoms with van der Waals surface area (Å²) in [5.74, 6) is 0.177. The predicted octanol–water partition coefficient (Wildman–Crippen LogP) is 3.91. The summed E-state index contributed by atoms with van der Waals surface area (Å²) < 4.78 is 5.03. The number of carbonyl (C=O) groups excluding carboxylic acids is 1. The molecular weight excluding hydrogens is 320 g/mol.